The molecule has 0 aliphatic rings. The number of hydrogen-bond donors (Lipinski definition) is 0. The molecule has 2 heteroatoms. The molecule has 0 fully saturated rings. The van der Waals surface area contributed by atoms with E-state index in [2.05, 4.69) is 11.3 Å². The number of ether oxygens (including phenoxy) is 1. The van der Waals surface area contributed by atoms with Crippen LogP contribution >= 0.6 is 11.6 Å². The molecule has 0 aliphatic heterocycles. The molecule has 0 atom stereocenters. The molecule has 6 heavy (non-hydrogen) atoms. The molecule has 1 nitrogen and oxygen atoms in total. The molecule has 0 radical (unpaired) electrons. The van der Waals surface area contributed by atoms with Gasteiger partial charge < -0.3 is 4.74 Å². The first-order valence-corrected chi connectivity index (χ1v) is 1.87. The molecule has 0 spiro atoms. The van der Waals surface area contributed by atoms with E-state index < -0.39 is 0 Å². The summed E-state index contributed by atoms with van der Waals surface area (Å²) < 4.78 is 4.43. The van der Waals surface area contributed by atoms with Crippen molar-refractivity contribution in [2.75, 3.05) is 0 Å². The van der Waals surface area contributed by atoms with E-state index in [1.165, 1.54) is 18.1 Å². The average Bonchev–Trinajstić information content (AvgIpc) is 1.61. The zero-order valence-electron chi connectivity index (χ0n) is 3.23. The highest BCUT2D eigenvalue weighted by atomic mass is 35.5. The minimum atomic E-state index is 1.27. The Labute approximate surface area is 41.9 Å². The molecule has 0 aliphatic carbocycles. The van der Waals surface area contributed by atoms with Crippen LogP contribution in [-0.2, 0) is 4.74 Å². The monoisotopic (exact) mass is 104 g/mol. The van der Waals surface area contributed by atoms with Gasteiger partial charge in [-0.15, -0.1) is 0 Å². The largest absolute Gasteiger partial charge is 0.472 e. The second-order valence-electron chi connectivity index (χ2n) is 0.565. The fourth-order valence-electron chi connectivity index (χ4n) is 0.0853. The summed E-state index contributed by atoms with van der Waals surface area (Å²) in [6.45, 7) is 3.27. The van der Waals surface area contributed by atoms with E-state index in [1.54, 1.807) is 0 Å². The Morgan fingerprint density at radius 2 is 2.33 bits per heavy atom. The SMILES string of the molecule is C=COC=CCl. The highest BCUT2D eigenvalue weighted by molar-refractivity contribution is 6.25. The van der Waals surface area contributed by atoms with Crippen LogP contribution in [0.25, 0.3) is 0 Å². The molecule has 0 aromatic heterocycles. The molecule has 34 valence electrons. The minimum absolute atomic E-state index is 1.27. The lowest BCUT2D eigenvalue weighted by Crippen LogP contribution is -1.55. The standard InChI is InChI=1S/C4H5ClO/c1-2-6-4-3-5/h2-4H,1H2. The smallest absolute Gasteiger partial charge is 0.101 e. The predicted molar refractivity (Wildman–Crippen MR) is 26.3 cm³/mol. The first-order valence-electron chi connectivity index (χ1n) is 1.43. The summed E-state index contributed by atoms with van der Waals surface area (Å²) in [6.07, 6.45) is 2.62. The average molecular weight is 105 g/mol. The molecule has 0 aromatic carbocycles. The zero-order valence-corrected chi connectivity index (χ0v) is 3.98. The molecule has 0 bridgehead atoms. The maximum Gasteiger partial charge on any atom is 0.101 e. The molecule has 0 saturated carbocycles. The van der Waals surface area contributed by atoms with Gasteiger partial charge in [0.2, 0.25) is 0 Å². The van der Waals surface area contributed by atoms with Crippen LogP contribution in [0.1, 0.15) is 0 Å². The molecule has 0 aromatic rings. The van der Waals surface area contributed by atoms with Crippen LogP contribution in [0.3, 0.4) is 0 Å². The summed E-state index contributed by atoms with van der Waals surface area (Å²) in [5.74, 6) is 0. The first-order chi connectivity index (χ1) is 2.91. The highest BCUT2D eigenvalue weighted by Gasteiger charge is 1.54. The van der Waals surface area contributed by atoms with Crippen LogP contribution in [0.2, 0.25) is 0 Å². The van der Waals surface area contributed by atoms with E-state index in [-0.39, 0.29) is 0 Å². The van der Waals surface area contributed by atoms with Crippen molar-refractivity contribution in [3.05, 3.63) is 24.6 Å². The molecular weight excluding hydrogens is 99.5 g/mol. The summed E-state index contributed by atoms with van der Waals surface area (Å²) in [5, 5.41) is 0. The fourth-order valence-corrected chi connectivity index (χ4v) is 0.145. The maximum atomic E-state index is 5.03. The summed E-state index contributed by atoms with van der Waals surface area (Å²) in [7, 11) is 0. The van der Waals surface area contributed by atoms with Gasteiger partial charge in [0, 0.05) is 5.54 Å². The van der Waals surface area contributed by atoms with Gasteiger partial charge >= 0.3 is 0 Å². The van der Waals surface area contributed by atoms with E-state index in [0.29, 0.717) is 0 Å². The van der Waals surface area contributed by atoms with Crippen LogP contribution in [0.5, 0.6) is 0 Å². The van der Waals surface area contributed by atoms with Gasteiger partial charge in [0.25, 0.3) is 0 Å². The van der Waals surface area contributed by atoms with Crippen LogP contribution < -0.4 is 0 Å². The van der Waals surface area contributed by atoms with Gasteiger partial charge in [-0.25, -0.2) is 0 Å². The lowest BCUT2D eigenvalue weighted by atomic mass is 11.1. The Morgan fingerprint density at radius 3 is 2.50 bits per heavy atom. The van der Waals surface area contributed by atoms with Crippen molar-refractivity contribution in [3.63, 3.8) is 0 Å². The lowest BCUT2D eigenvalue weighted by molar-refractivity contribution is 0.406. The van der Waals surface area contributed by atoms with E-state index in [4.69, 9.17) is 11.6 Å². The summed E-state index contributed by atoms with van der Waals surface area (Å²) in [4.78, 5) is 0. The third-order valence-corrected chi connectivity index (χ3v) is 0.329. The Morgan fingerprint density at radius 1 is 1.67 bits per heavy atom. The summed E-state index contributed by atoms with van der Waals surface area (Å²) >= 11 is 5.03. The van der Waals surface area contributed by atoms with E-state index >= 15 is 0 Å². The van der Waals surface area contributed by atoms with Gasteiger partial charge in [-0.05, 0) is 0 Å². The van der Waals surface area contributed by atoms with Crippen molar-refractivity contribution in [1.29, 1.82) is 0 Å². The van der Waals surface area contributed by atoms with E-state index in [1.807, 2.05) is 0 Å². The molecule has 0 saturated heterocycles. The normalized spacial score (nSPS) is 8.83. The predicted octanol–water partition coefficient (Wildman–Crippen LogP) is 1.86. The molecular formula is C4H5ClO. The summed E-state index contributed by atoms with van der Waals surface area (Å²) in [6, 6.07) is 0. The Hall–Kier alpha value is -0.430. The van der Waals surface area contributed by atoms with Crippen molar-refractivity contribution < 1.29 is 4.74 Å². The highest BCUT2D eigenvalue weighted by Crippen LogP contribution is 1.78. The fraction of sp³-hybridized carbons (Fsp3) is 0. The molecule has 0 unspecified atom stereocenters. The van der Waals surface area contributed by atoms with E-state index in [9.17, 15) is 0 Å². The van der Waals surface area contributed by atoms with Crippen LogP contribution in [0.4, 0.5) is 0 Å². The topological polar surface area (TPSA) is 9.23 Å². The Kier molecular flexibility index (Phi) is 4.24. The summed E-state index contributed by atoms with van der Waals surface area (Å²) in [5.41, 5.74) is 1.27. The van der Waals surface area contributed by atoms with Gasteiger partial charge in [0.05, 0.1) is 6.26 Å². The minimum Gasteiger partial charge on any atom is -0.472 e. The molecule has 0 N–H and O–H groups in total. The number of rotatable bonds is 2. The first kappa shape index (κ1) is 5.57. The van der Waals surface area contributed by atoms with Crippen molar-refractivity contribution in [2.45, 2.75) is 0 Å². The van der Waals surface area contributed by atoms with Gasteiger partial charge in [-0.3, -0.25) is 0 Å². The molecule has 0 heterocycles. The maximum absolute atomic E-state index is 5.03. The zero-order chi connectivity index (χ0) is 4.83. The van der Waals surface area contributed by atoms with Gasteiger partial charge in [0.15, 0.2) is 0 Å². The quantitative estimate of drug-likeness (QED) is 0.486. The number of halogens is 1. The van der Waals surface area contributed by atoms with Gasteiger partial charge in [0.1, 0.15) is 6.26 Å². The van der Waals surface area contributed by atoms with Crippen molar-refractivity contribution >= 4 is 11.6 Å². The third-order valence-electron chi connectivity index (χ3n) is 0.226. The van der Waals surface area contributed by atoms with Gasteiger partial charge in [-0.2, -0.15) is 0 Å². The third kappa shape index (κ3) is 3.57. The lowest BCUT2D eigenvalue weighted by Gasteiger charge is -1.78. The van der Waals surface area contributed by atoms with Crippen molar-refractivity contribution in [2.24, 2.45) is 0 Å². The van der Waals surface area contributed by atoms with Crippen LogP contribution in [-0.4, -0.2) is 0 Å². The van der Waals surface area contributed by atoms with Crippen LogP contribution in [0, 0.1) is 0 Å². The Bertz CT molecular complexity index is 58.6. The van der Waals surface area contributed by atoms with Crippen molar-refractivity contribution in [1.82, 2.24) is 0 Å². The number of hydrogen-bond acceptors (Lipinski definition) is 1. The second-order valence-corrected chi connectivity index (χ2v) is 0.817. The van der Waals surface area contributed by atoms with Crippen molar-refractivity contribution in [3.8, 4) is 0 Å². The molecule has 0 rings (SSSR count). The second kappa shape index (κ2) is 4.57. The van der Waals surface area contributed by atoms with Crippen LogP contribution in [0.15, 0.2) is 24.6 Å². The van der Waals surface area contributed by atoms with Gasteiger partial charge in [-0.1, -0.05) is 18.2 Å². The van der Waals surface area contributed by atoms with E-state index in [0.717, 1.165) is 0 Å². The Balaban J connectivity index is 2.85. The molecule has 0 amide bonds.